The van der Waals surface area contributed by atoms with E-state index in [1.165, 1.54) is 61.2 Å². The van der Waals surface area contributed by atoms with E-state index in [2.05, 4.69) is 30.6 Å². The molecule has 4 aromatic carbocycles. The average Bonchev–Trinajstić information content (AvgIpc) is 4.08. The number of halogens is 6. The van der Waals surface area contributed by atoms with Gasteiger partial charge in [0.1, 0.15) is 60.6 Å². The average molecular weight is 1150 g/mol. The molecular weight excluding hydrogens is 1090 g/mol. The molecule has 80 heavy (non-hydrogen) atoms. The highest BCUT2D eigenvalue weighted by Gasteiger charge is 2.37. The van der Waals surface area contributed by atoms with Crippen molar-refractivity contribution in [3.8, 4) is 11.5 Å². The monoisotopic (exact) mass is 1150 g/mol. The first-order valence-corrected chi connectivity index (χ1v) is 26.5. The first-order valence-electron chi connectivity index (χ1n) is 25.7. The number of nitrogens with one attached hydrogen (secondary N) is 2. The molecular formula is C56H58Cl2F4N8O10. The van der Waals surface area contributed by atoms with Crippen molar-refractivity contribution >= 4 is 79.6 Å². The van der Waals surface area contributed by atoms with Crippen molar-refractivity contribution in [2.45, 2.75) is 37.3 Å². The van der Waals surface area contributed by atoms with Crippen LogP contribution in [0.5, 0.6) is 11.5 Å². The van der Waals surface area contributed by atoms with Gasteiger partial charge in [-0.1, -0.05) is 23.2 Å². The van der Waals surface area contributed by atoms with E-state index in [4.69, 9.17) is 61.1 Å². The van der Waals surface area contributed by atoms with Crippen LogP contribution in [0.4, 0.5) is 40.6 Å². The van der Waals surface area contributed by atoms with Crippen LogP contribution in [-0.4, -0.2) is 172 Å². The van der Waals surface area contributed by atoms with Gasteiger partial charge >= 0.3 is 0 Å². The van der Waals surface area contributed by atoms with E-state index in [-0.39, 0.29) is 73.6 Å². The van der Waals surface area contributed by atoms with Crippen molar-refractivity contribution in [1.82, 2.24) is 29.7 Å². The maximum Gasteiger partial charge on any atom is 0.195 e. The van der Waals surface area contributed by atoms with Crippen LogP contribution in [0.2, 0.25) is 10.0 Å². The van der Waals surface area contributed by atoms with Crippen LogP contribution >= 0.6 is 23.2 Å². The summed E-state index contributed by atoms with van der Waals surface area (Å²) < 4.78 is 102. The Morgan fingerprint density at radius 1 is 0.588 bits per heavy atom. The molecule has 6 heterocycles. The van der Waals surface area contributed by atoms with E-state index >= 15 is 0 Å². The van der Waals surface area contributed by atoms with Crippen molar-refractivity contribution in [2.75, 3.05) is 117 Å². The summed E-state index contributed by atoms with van der Waals surface area (Å²) in [4.78, 5) is 47.1. The van der Waals surface area contributed by atoms with Gasteiger partial charge in [-0.15, -0.1) is 0 Å². The van der Waals surface area contributed by atoms with Gasteiger partial charge in [0.05, 0.1) is 85.1 Å². The van der Waals surface area contributed by atoms with Crippen LogP contribution < -0.4 is 20.1 Å². The van der Waals surface area contributed by atoms with Crippen LogP contribution in [0.15, 0.2) is 97.1 Å². The lowest BCUT2D eigenvalue weighted by atomic mass is 10.0. The van der Waals surface area contributed by atoms with Crippen molar-refractivity contribution in [1.29, 1.82) is 0 Å². The number of hydrogen-bond acceptors (Lipinski definition) is 18. The predicted molar refractivity (Wildman–Crippen MR) is 291 cm³/mol. The van der Waals surface area contributed by atoms with Gasteiger partial charge in [0, 0.05) is 112 Å². The highest BCUT2D eigenvalue weighted by molar-refractivity contribution is 6.31. The molecule has 0 saturated carbocycles. The minimum Gasteiger partial charge on any atom is -0.491 e. The molecule has 2 aromatic heterocycles. The largest absolute Gasteiger partial charge is 0.491 e. The Kier molecular flexibility index (Phi) is 20.2. The topological polar surface area (TPSA) is 190 Å². The number of rotatable bonds is 22. The molecule has 4 aliphatic rings. The Morgan fingerprint density at radius 2 is 0.975 bits per heavy atom. The number of fused-ring (bicyclic) bond motifs is 4. The van der Waals surface area contributed by atoms with E-state index in [1.807, 2.05) is 9.80 Å². The minimum atomic E-state index is -0.830. The van der Waals surface area contributed by atoms with Crippen molar-refractivity contribution in [2.24, 2.45) is 0 Å². The zero-order valence-electron chi connectivity index (χ0n) is 43.7. The summed E-state index contributed by atoms with van der Waals surface area (Å²) in [5.41, 5.74) is 3.00. The summed E-state index contributed by atoms with van der Waals surface area (Å²) in [7, 11) is 3.10. The van der Waals surface area contributed by atoms with Crippen molar-refractivity contribution < 1.29 is 65.0 Å². The number of carbonyl (C=O) groups excluding carboxylic acids is 2. The maximum atomic E-state index is 15.0. The molecule has 10 rings (SSSR count). The van der Waals surface area contributed by atoms with E-state index in [9.17, 15) is 27.2 Å². The van der Waals surface area contributed by atoms with Gasteiger partial charge in [-0.2, -0.15) is 0 Å². The number of likely N-dealkylation sites (tertiary alicyclic amines) is 2. The summed E-state index contributed by atoms with van der Waals surface area (Å²) in [6, 6.07) is 15.1. The third kappa shape index (κ3) is 15.1. The lowest BCUT2D eigenvalue weighted by molar-refractivity contribution is -0.117. The van der Waals surface area contributed by atoms with Gasteiger partial charge in [0.2, 0.25) is 0 Å². The molecule has 2 N–H and O–H groups in total. The molecule has 0 bridgehead atoms. The summed E-state index contributed by atoms with van der Waals surface area (Å²) in [6.07, 6.45) is 4.73. The quantitative estimate of drug-likeness (QED) is 0.0373. The van der Waals surface area contributed by atoms with E-state index in [0.717, 1.165) is 0 Å². The SMILES string of the molecule is COCCOc1cc2ncnc(Nc3ccc(F)c(Cl)c3)c2cc1CC(=O)/C(F)=C/CN1C[C@@H]2OCCO[C@@H]2C1.COCCOc1cc2ncnc(Nc3ccc(F)c(Cl)c3)c2cc1CC(=O)/C(F)=C\CN1C[C@@H]2OCCO[C@@H]2C1. The van der Waals surface area contributed by atoms with Crippen LogP contribution in [0.25, 0.3) is 21.8 Å². The number of methoxy groups -OCH3 is 2. The van der Waals surface area contributed by atoms with E-state index in [0.29, 0.717) is 133 Å². The number of nitrogens with zero attached hydrogens (tertiary/aromatic N) is 6. The zero-order valence-corrected chi connectivity index (χ0v) is 45.3. The molecule has 6 aromatic rings. The fourth-order valence-electron chi connectivity index (χ4n) is 9.43. The van der Waals surface area contributed by atoms with Crippen LogP contribution in [-0.2, 0) is 50.9 Å². The van der Waals surface area contributed by atoms with Gasteiger partial charge in [0.15, 0.2) is 23.2 Å². The fourth-order valence-corrected chi connectivity index (χ4v) is 9.79. The number of benzene rings is 4. The highest BCUT2D eigenvalue weighted by Crippen LogP contribution is 2.34. The Bertz CT molecular complexity index is 3000. The number of allylic oxidation sites excluding steroid dienone is 2. The van der Waals surface area contributed by atoms with Crippen LogP contribution in [0.3, 0.4) is 0 Å². The number of hydrogen-bond donors (Lipinski definition) is 2. The summed E-state index contributed by atoms with van der Waals surface area (Å²) in [6.45, 7) is 6.37. The summed E-state index contributed by atoms with van der Waals surface area (Å²) in [5.74, 6) is -2.53. The fraction of sp³-hybridized carbons (Fsp3) is 0.393. The third-order valence-corrected chi connectivity index (χ3v) is 14.0. The van der Waals surface area contributed by atoms with E-state index in [1.54, 1.807) is 38.5 Å². The molecule has 424 valence electrons. The zero-order chi connectivity index (χ0) is 56.1. The van der Waals surface area contributed by atoms with Crippen LogP contribution in [0, 0.1) is 11.6 Å². The van der Waals surface area contributed by atoms with Crippen molar-refractivity contribution in [3.63, 3.8) is 0 Å². The van der Waals surface area contributed by atoms with Gasteiger partial charge < -0.3 is 48.5 Å². The Balaban J connectivity index is 0.000000194. The molecule has 0 spiro atoms. The van der Waals surface area contributed by atoms with Crippen LogP contribution in [0.1, 0.15) is 11.1 Å². The number of ketones is 2. The number of carbonyl (C=O) groups is 2. The number of Topliss-reactive ketones (excluding diaryl/α,β-unsaturated/α-hetero) is 2. The molecule has 0 radical (unpaired) electrons. The molecule has 0 amide bonds. The lowest BCUT2D eigenvalue weighted by Gasteiger charge is -2.24. The minimum absolute atomic E-state index is 0.0266. The van der Waals surface area contributed by atoms with E-state index < -0.39 is 34.9 Å². The molecule has 24 heteroatoms. The second-order valence-corrected chi connectivity index (χ2v) is 19.8. The van der Waals surface area contributed by atoms with Gasteiger partial charge in [-0.3, -0.25) is 19.4 Å². The molecule has 18 nitrogen and oxygen atoms in total. The van der Waals surface area contributed by atoms with Gasteiger partial charge in [-0.05, 0) is 60.7 Å². The molecule has 4 saturated heterocycles. The number of anilines is 4. The van der Waals surface area contributed by atoms with Gasteiger partial charge in [-0.25, -0.2) is 37.5 Å². The maximum absolute atomic E-state index is 15.0. The Morgan fingerprint density at radius 3 is 1.34 bits per heavy atom. The second-order valence-electron chi connectivity index (χ2n) is 19.0. The standard InChI is InChI=1S/2C28H29ClF2N4O5/c2*1-37-6-7-38-25-13-23-19(28(33-16-32-23)34-18-2-3-21(30)20(29)12-18)10-17(25)11-24(36)22(31)4-5-35-14-26-27(15-35)40-9-8-39-26/h2*2-4,10,12-13,16,26-27H,5-9,11,14-15H2,1H3,(H,32,33,34)/b22-4+;22-4-/t2*26-,27+. The number of aromatic nitrogens is 4. The second kappa shape index (κ2) is 27.8. The molecule has 0 unspecified atom stereocenters. The molecule has 4 aliphatic heterocycles. The smallest absolute Gasteiger partial charge is 0.195 e. The first-order chi connectivity index (χ1) is 38.8. The first kappa shape index (κ1) is 58.2. The molecule has 4 atom stereocenters. The highest BCUT2D eigenvalue weighted by atomic mass is 35.5. The normalized spacial score (nSPS) is 19.6. The summed E-state index contributed by atoms with van der Waals surface area (Å²) >= 11 is 11.8. The predicted octanol–water partition coefficient (Wildman–Crippen LogP) is 8.51. The molecule has 4 fully saturated rings. The Labute approximate surface area is 468 Å². The van der Waals surface area contributed by atoms with Crippen molar-refractivity contribution in [3.05, 3.63) is 130 Å². The van der Waals surface area contributed by atoms with Gasteiger partial charge in [0.25, 0.3) is 0 Å². The third-order valence-electron chi connectivity index (χ3n) is 13.5. The summed E-state index contributed by atoms with van der Waals surface area (Å²) in [5, 5.41) is 7.25. The number of ether oxygens (including phenoxy) is 8. The Hall–Kier alpha value is -6.44. The molecule has 0 aliphatic carbocycles. The lowest BCUT2D eigenvalue weighted by Crippen LogP contribution is -2.36.